The highest BCUT2D eigenvalue weighted by Crippen LogP contribution is 2.21. The summed E-state index contributed by atoms with van der Waals surface area (Å²) in [6.45, 7) is 4.12. The summed E-state index contributed by atoms with van der Waals surface area (Å²) < 4.78 is 4.17. The van der Waals surface area contributed by atoms with Crippen molar-refractivity contribution in [1.82, 2.24) is 29.2 Å². The predicted molar refractivity (Wildman–Crippen MR) is 88.7 cm³/mol. The zero-order chi connectivity index (χ0) is 15.6. The van der Waals surface area contributed by atoms with Crippen molar-refractivity contribution in [2.75, 3.05) is 13.1 Å². The van der Waals surface area contributed by atoms with Crippen molar-refractivity contribution < 1.29 is 0 Å². The molecule has 1 aliphatic rings. The van der Waals surface area contributed by atoms with E-state index in [0.717, 1.165) is 37.5 Å². The van der Waals surface area contributed by atoms with Crippen LogP contribution in [0.3, 0.4) is 0 Å². The van der Waals surface area contributed by atoms with E-state index in [9.17, 15) is 0 Å². The van der Waals surface area contributed by atoms with E-state index in [4.69, 9.17) is 4.98 Å². The summed E-state index contributed by atoms with van der Waals surface area (Å²) in [5.41, 5.74) is 2.29. The molecule has 1 atom stereocenters. The highest BCUT2D eigenvalue weighted by molar-refractivity contribution is 5.75. The molecule has 6 heteroatoms. The fourth-order valence-corrected chi connectivity index (χ4v) is 3.57. The molecule has 0 N–H and O–H groups in total. The van der Waals surface area contributed by atoms with Crippen molar-refractivity contribution in [3.63, 3.8) is 0 Å². The zero-order valence-corrected chi connectivity index (χ0v) is 13.5. The smallest absolute Gasteiger partial charge is 0.137 e. The first kappa shape index (κ1) is 14.4. The number of para-hydroxylation sites is 2. The first-order chi connectivity index (χ1) is 11.3. The molecule has 1 fully saturated rings. The van der Waals surface area contributed by atoms with Crippen LogP contribution >= 0.6 is 0 Å². The van der Waals surface area contributed by atoms with Crippen LogP contribution in [0.1, 0.15) is 18.7 Å². The number of benzene rings is 1. The minimum absolute atomic E-state index is 0.639. The van der Waals surface area contributed by atoms with Gasteiger partial charge in [-0.05, 0) is 37.4 Å². The summed E-state index contributed by atoms with van der Waals surface area (Å²) in [4.78, 5) is 11.4. The van der Waals surface area contributed by atoms with Gasteiger partial charge in [0, 0.05) is 20.1 Å². The van der Waals surface area contributed by atoms with E-state index in [2.05, 4.69) is 44.8 Å². The summed E-state index contributed by atoms with van der Waals surface area (Å²) in [7, 11) is 2.11. The third-order valence-corrected chi connectivity index (χ3v) is 4.76. The molecule has 0 spiro atoms. The van der Waals surface area contributed by atoms with Crippen molar-refractivity contribution in [2.24, 2.45) is 13.0 Å². The Morgan fingerprint density at radius 3 is 3.00 bits per heavy atom. The number of hydrogen-bond donors (Lipinski definition) is 0. The quantitative estimate of drug-likeness (QED) is 0.740. The van der Waals surface area contributed by atoms with Crippen molar-refractivity contribution in [3.05, 3.63) is 42.7 Å². The molecule has 3 aromatic rings. The Labute approximate surface area is 135 Å². The molecule has 0 amide bonds. The third kappa shape index (κ3) is 2.99. The van der Waals surface area contributed by atoms with Crippen LogP contribution in [0.25, 0.3) is 11.0 Å². The van der Waals surface area contributed by atoms with Crippen LogP contribution in [-0.2, 0) is 20.1 Å². The monoisotopic (exact) mass is 310 g/mol. The lowest BCUT2D eigenvalue weighted by atomic mass is 9.98. The van der Waals surface area contributed by atoms with Gasteiger partial charge in [0.05, 0.1) is 17.6 Å². The van der Waals surface area contributed by atoms with E-state index in [0.29, 0.717) is 5.92 Å². The average molecular weight is 310 g/mol. The normalized spacial score (nSPS) is 19.4. The van der Waals surface area contributed by atoms with Gasteiger partial charge in [-0.25, -0.2) is 9.97 Å². The van der Waals surface area contributed by atoms with E-state index < -0.39 is 0 Å². The molecule has 0 bridgehead atoms. The van der Waals surface area contributed by atoms with Crippen LogP contribution in [0.4, 0.5) is 0 Å². The van der Waals surface area contributed by atoms with Gasteiger partial charge in [0.1, 0.15) is 18.5 Å². The number of aromatic nitrogens is 5. The highest BCUT2D eigenvalue weighted by atomic mass is 15.3. The zero-order valence-electron chi connectivity index (χ0n) is 13.5. The summed E-state index contributed by atoms with van der Waals surface area (Å²) in [5, 5.41) is 4.23. The second-order valence-electron chi connectivity index (χ2n) is 6.44. The molecule has 2 aromatic heterocycles. The molecular formula is C17H22N6. The summed E-state index contributed by atoms with van der Waals surface area (Å²) >= 11 is 0. The van der Waals surface area contributed by atoms with E-state index in [-0.39, 0.29) is 0 Å². The molecule has 6 nitrogen and oxygen atoms in total. The predicted octanol–water partition coefficient (Wildman–Crippen LogP) is 2.08. The Morgan fingerprint density at radius 1 is 1.26 bits per heavy atom. The molecular weight excluding hydrogens is 288 g/mol. The Bertz CT molecular complexity index is 776. The molecule has 1 unspecified atom stereocenters. The first-order valence-corrected chi connectivity index (χ1v) is 8.24. The lowest BCUT2D eigenvalue weighted by molar-refractivity contribution is 0.149. The standard InChI is InChI=1S/C17H22N6/c1-21-16-7-3-2-6-15(16)20-17(21)11-22-8-4-5-14(9-22)10-23-13-18-12-19-23/h2-3,6-7,12-14H,4-5,8-11H2,1H3. The van der Waals surface area contributed by atoms with Crippen molar-refractivity contribution in [3.8, 4) is 0 Å². The second kappa shape index (κ2) is 6.12. The van der Waals surface area contributed by atoms with Gasteiger partial charge in [-0.3, -0.25) is 9.58 Å². The largest absolute Gasteiger partial charge is 0.330 e. The Morgan fingerprint density at radius 2 is 2.17 bits per heavy atom. The molecule has 1 saturated heterocycles. The molecule has 4 rings (SSSR count). The van der Waals surface area contributed by atoms with Crippen molar-refractivity contribution >= 4 is 11.0 Å². The summed E-state index contributed by atoms with van der Waals surface area (Å²) in [6.07, 6.45) is 5.92. The number of piperidine rings is 1. The van der Waals surface area contributed by atoms with Gasteiger partial charge in [-0.15, -0.1) is 0 Å². The number of aryl methyl sites for hydroxylation is 1. The van der Waals surface area contributed by atoms with Crippen LogP contribution in [0.2, 0.25) is 0 Å². The molecule has 120 valence electrons. The number of imidazole rings is 1. The van der Waals surface area contributed by atoms with E-state index in [1.54, 1.807) is 6.33 Å². The van der Waals surface area contributed by atoms with Crippen LogP contribution in [0.5, 0.6) is 0 Å². The van der Waals surface area contributed by atoms with Gasteiger partial charge in [0.25, 0.3) is 0 Å². The number of fused-ring (bicyclic) bond motifs is 1. The fourth-order valence-electron chi connectivity index (χ4n) is 3.57. The first-order valence-electron chi connectivity index (χ1n) is 8.24. The molecule has 0 aliphatic carbocycles. The average Bonchev–Trinajstić information content (AvgIpc) is 3.17. The van der Waals surface area contributed by atoms with E-state index in [1.807, 2.05) is 17.1 Å². The second-order valence-corrected chi connectivity index (χ2v) is 6.44. The van der Waals surface area contributed by atoms with Crippen LogP contribution in [0.15, 0.2) is 36.9 Å². The van der Waals surface area contributed by atoms with Crippen LogP contribution in [-0.4, -0.2) is 42.3 Å². The molecule has 1 aliphatic heterocycles. The minimum atomic E-state index is 0.639. The van der Waals surface area contributed by atoms with Gasteiger partial charge < -0.3 is 4.57 Å². The number of nitrogens with zero attached hydrogens (tertiary/aromatic N) is 6. The van der Waals surface area contributed by atoms with Gasteiger partial charge in [-0.2, -0.15) is 5.10 Å². The minimum Gasteiger partial charge on any atom is -0.330 e. The maximum absolute atomic E-state index is 4.80. The lowest BCUT2D eigenvalue weighted by Gasteiger charge is -2.32. The SMILES string of the molecule is Cn1c(CN2CCCC(Cn3cncn3)C2)nc2ccccc21. The maximum Gasteiger partial charge on any atom is 0.137 e. The highest BCUT2D eigenvalue weighted by Gasteiger charge is 2.22. The van der Waals surface area contributed by atoms with Crippen LogP contribution < -0.4 is 0 Å². The molecule has 0 radical (unpaired) electrons. The Hall–Kier alpha value is -2.21. The fraction of sp³-hybridized carbons (Fsp3) is 0.471. The Kier molecular flexibility index (Phi) is 3.83. The molecule has 23 heavy (non-hydrogen) atoms. The third-order valence-electron chi connectivity index (χ3n) is 4.76. The van der Waals surface area contributed by atoms with Gasteiger partial charge in [-0.1, -0.05) is 12.1 Å². The number of hydrogen-bond acceptors (Lipinski definition) is 4. The number of rotatable bonds is 4. The molecule has 3 heterocycles. The van der Waals surface area contributed by atoms with E-state index in [1.165, 1.54) is 18.4 Å². The van der Waals surface area contributed by atoms with E-state index >= 15 is 0 Å². The molecule has 0 saturated carbocycles. The van der Waals surface area contributed by atoms with Crippen molar-refractivity contribution in [1.29, 1.82) is 0 Å². The number of likely N-dealkylation sites (tertiary alicyclic amines) is 1. The Balaban J connectivity index is 1.46. The van der Waals surface area contributed by atoms with Gasteiger partial charge in [0.15, 0.2) is 0 Å². The van der Waals surface area contributed by atoms with Crippen molar-refractivity contribution in [2.45, 2.75) is 25.9 Å². The molecule has 1 aromatic carbocycles. The van der Waals surface area contributed by atoms with Crippen LogP contribution in [0, 0.1) is 5.92 Å². The topological polar surface area (TPSA) is 51.8 Å². The maximum atomic E-state index is 4.80. The summed E-state index contributed by atoms with van der Waals surface area (Å²) in [5.74, 6) is 1.78. The van der Waals surface area contributed by atoms with Gasteiger partial charge >= 0.3 is 0 Å². The summed E-state index contributed by atoms with van der Waals surface area (Å²) in [6, 6.07) is 8.34. The van der Waals surface area contributed by atoms with Gasteiger partial charge in [0.2, 0.25) is 0 Å². The lowest BCUT2D eigenvalue weighted by Crippen LogP contribution is -2.37.